The molecule has 1 aliphatic heterocycles. The average molecular weight is 368 g/mol. The van der Waals surface area contributed by atoms with Crippen molar-refractivity contribution in [2.45, 2.75) is 19.8 Å². The molecule has 0 bridgehead atoms. The third kappa shape index (κ3) is 5.10. The number of benzene rings is 1. The lowest BCUT2D eigenvalue weighted by Gasteiger charge is -2.30. The van der Waals surface area contributed by atoms with Crippen molar-refractivity contribution in [2.24, 2.45) is 5.92 Å². The van der Waals surface area contributed by atoms with Crippen molar-refractivity contribution in [3.63, 3.8) is 0 Å². The maximum absolute atomic E-state index is 12.0. The lowest BCUT2D eigenvalue weighted by atomic mass is 9.96. The molecule has 1 aromatic rings. The maximum atomic E-state index is 12.0. The van der Waals surface area contributed by atoms with Crippen LogP contribution in [0.5, 0.6) is 0 Å². The molecule has 0 unspecified atom stereocenters. The number of piperidine rings is 1. The molecule has 22 heavy (non-hydrogen) atoms. The summed E-state index contributed by atoms with van der Waals surface area (Å²) in [5.74, 6) is 0.214. The van der Waals surface area contributed by atoms with E-state index >= 15 is 0 Å². The first-order chi connectivity index (χ1) is 10.6. The number of carbonyl (C=O) groups is 2. The first kappa shape index (κ1) is 17.0. The second-order valence-corrected chi connectivity index (χ2v) is 6.42. The van der Waals surface area contributed by atoms with Gasteiger partial charge < -0.3 is 10.6 Å². The van der Waals surface area contributed by atoms with Crippen LogP contribution in [0.4, 0.5) is 5.69 Å². The number of rotatable bonds is 5. The minimum Gasteiger partial charge on any atom is -0.356 e. The number of nitrogens with one attached hydrogen (secondary N) is 2. The minimum absolute atomic E-state index is 0.0150. The third-order valence-corrected chi connectivity index (χ3v) is 4.33. The largest absolute Gasteiger partial charge is 0.356 e. The monoisotopic (exact) mass is 367 g/mol. The number of likely N-dealkylation sites (tertiary alicyclic amines) is 1. The zero-order valence-corrected chi connectivity index (χ0v) is 14.4. The van der Waals surface area contributed by atoms with Gasteiger partial charge in [0.05, 0.1) is 6.54 Å². The highest BCUT2D eigenvalue weighted by molar-refractivity contribution is 9.10. The van der Waals surface area contributed by atoms with E-state index in [4.69, 9.17) is 0 Å². The highest BCUT2D eigenvalue weighted by Gasteiger charge is 2.25. The third-order valence-electron chi connectivity index (χ3n) is 3.80. The molecule has 1 aliphatic rings. The van der Waals surface area contributed by atoms with Crippen LogP contribution in [-0.2, 0) is 9.59 Å². The number of carbonyl (C=O) groups excluding carboxylic acids is 2. The number of hydrogen-bond donors (Lipinski definition) is 2. The molecular formula is C16H22BrN3O2. The van der Waals surface area contributed by atoms with Crippen molar-refractivity contribution in [1.29, 1.82) is 0 Å². The fourth-order valence-corrected chi connectivity index (χ4v) is 2.87. The van der Waals surface area contributed by atoms with Crippen LogP contribution in [0, 0.1) is 5.92 Å². The standard InChI is InChI=1S/C16H22BrN3O2/c1-2-18-16(22)12-7-9-20(10-8-12)11-15(21)19-14-5-3-13(17)4-6-14/h3-6,12H,2,7-11H2,1H3,(H,18,22)(H,19,21). The predicted octanol–water partition coefficient (Wildman–Crippen LogP) is 2.24. The quantitative estimate of drug-likeness (QED) is 0.838. The van der Waals surface area contributed by atoms with Gasteiger partial charge in [-0.15, -0.1) is 0 Å². The Bertz CT molecular complexity index is 511. The molecule has 2 amide bonds. The number of nitrogens with zero attached hydrogens (tertiary/aromatic N) is 1. The first-order valence-electron chi connectivity index (χ1n) is 7.64. The molecule has 1 heterocycles. The normalized spacial score (nSPS) is 16.3. The number of halogens is 1. The molecule has 0 aromatic heterocycles. The van der Waals surface area contributed by atoms with Crippen molar-refractivity contribution in [2.75, 3.05) is 31.5 Å². The smallest absolute Gasteiger partial charge is 0.238 e. The summed E-state index contributed by atoms with van der Waals surface area (Å²) in [7, 11) is 0. The van der Waals surface area contributed by atoms with Crippen LogP contribution in [-0.4, -0.2) is 42.9 Å². The molecule has 1 aromatic carbocycles. The Kier molecular flexibility index (Phi) is 6.39. The van der Waals surface area contributed by atoms with E-state index in [-0.39, 0.29) is 17.7 Å². The van der Waals surface area contributed by atoms with Crippen LogP contribution < -0.4 is 10.6 Å². The van der Waals surface area contributed by atoms with E-state index in [9.17, 15) is 9.59 Å². The minimum atomic E-state index is -0.0150. The molecule has 2 N–H and O–H groups in total. The van der Waals surface area contributed by atoms with Gasteiger partial charge in [0.25, 0.3) is 0 Å². The Morgan fingerprint density at radius 3 is 2.45 bits per heavy atom. The lowest BCUT2D eigenvalue weighted by molar-refractivity contribution is -0.126. The summed E-state index contributed by atoms with van der Waals surface area (Å²) in [6.45, 7) is 4.55. The van der Waals surface area contributed by atoms with Crippen molar-refractivity contribution < 1.29 is 9.59 Å². The predicted molar refractivity (Wildman–Crippen MR) is 90.6 cm³/mol. The molecule has 6 heteroatoms. The van der Waals surface area contributed by atoms with Gasteiger partial charge in [0, 0.05) is 22.6 Å². The molecule has 2 rings (SSSR count). The molecule has 1 saturated heterocycles. The van der Waals surface area contributed by atoms with Crippen LogP contribution in [0.1, 0.15) is 19.8 Å². The van der Waals surface area contributed by atoms with E-state index in [2.05, 4.69) is 31.5 Å². The van der Waals surface area contributed by atoms with Crippen molar-refractivity contribution in [3.8, 4) is 0 Å². The molecule has 0 spiro atoms. The Morgan fingerprint density at radius 2 is 1.86 bits per heavy atom. The Morgan fingerprint density at radius 1 is 1.23 bits per heavy atom. The summed E-state index contributed by atoms with van der Waals surface area (Å²) in [5, 5.41) is 5.76. The van der Waals surface area contributed by atoms with Gasteiger partial charge in [-0.05, 0) is 57.1 Å². The van der Waals surface area contributed by atoms with Crippen molar-refractivity contribution in [3.05, 3.63) is 28.7 Å². The van der Waals surface area contributed by atoms with Crippen LogP contribution in [0.3, 0.4) is 0 Å². The van der Waals surface area contributed by atoms with Gasteiger partial charge in [-0.25, -0.2) is 0 Å². The number of hydrogen-bond acceptors (Lipinski definition) is 3. The second kappa shape index (κ2) is 8.29. The topological polar surface area (TPSA) is 61.4 Å². The maximum Gasteiger partial charge on any atom is 0.238 e. The van der Waals surface area contributed by atoms with Gasteiger partial charge in [0.1, 0.15) is 0 Å². The van der Waals surface area contributed by atoms with Crippen LogP contribution in [0.25, 0.3) is 0 Å². The molecule has 5 nitrogen and oxygen atoms in total. The van der Waals surface area contributed by atoms with Crippen LogP contribution in [0.2, 0.25) is 0 Å². The van der Waals surface area contributed by atoms with Gasteiger partial charge >= 0.3 is 0 Å². The fraction of sp³-hybridized carbons (Fsp3) is 0.500. The van der Waals surface area contributed by atoms with Gasteiger partial charge in [-0.3, -0.25) is 14.5 Å². The van der Waals surface area contributed by atoms with E-state index in [1.54, 1.807) is 0 Å². The zero-order valence-electron chi connectivity index (χ0n) is 12.8. The summed E-state index contributed by atoms with van der Waals surface area (Å²) in [5.41, 5.74) is 0.797. The first-order valence-corrected chi connectivity index (χ1v) is 8.43. The summed E-state index contributed by atoms with van der Waals surface area (Å²) >= 11 is 3.37. The molecular weight excluding hydrogens is 346 g/mol. The zero-order chi connectivity index (χ0) is 15.9. The molecule has 0 radical (unpaired) electrons. The van der Waals surface area contributed by atoms with E-state index in [0.717, 1.165) is 36.1 Å². The Labute approximate surface area is 139 Å². The Hall–Kier alpha value is -1.40. The van der Waals surface area contributed by atoms with Crippen LogP contribution in [0.15, 0.2) is 28.7 Å². The number of amides is 2. The Balaban J connectivity index is 1.74. The van der Waals surface area contributed by atoms with Crippen molar-refractivity contribution in [1.82, 2.24) is 10.2 Å². The van der Waals surface area contributed by atoms with Gasteiger partial charge in [-0.1, -0.05) is 15.9 Å². The molecule has 0 saturated carbocycles. The molecule has 120 valence electrons. The lowest BCUT2D eigenvalue weighted by Crippen LogP contribution is -2.43. The second-order valence-electron chi connectivity index (χ2n) is 5.50. The van der Waals surface area contributed by atoms with Gasteiger partial charge in [0.15, 0.2) is 0 Å². The molecule has 0 aliphatic carbocycles. The van der Waals surface area contributed by atoms with Gasteiger partial charge in [-0.2, -0.15) is 0 Å². The van der Waals surface area contributed by atoms with E-state index < -0.39 is 0 Å². The fourth-order valence-electron chi connectivity index (χ4n) is 2.61. The molecule has 1 fully saturated rings. The van der Waals surface area contributed by atoms with Gasteiger partial charge in [0.2, 0.25) is 11.8 Å². The van der Waals surface area contributed by atoms with E-state index in [1.807, 2.05) is 31.2 Å². The van der Waals surface area contributed by atoms with E-state index in [0.29, 0.717) is 13.1 Å². The SMILES string of the molecule is CCNC(=O)C1CCN(CC(=O)Nc2ccc(Br)cc2)CC1. The molecule has 0 atom stereocenters. The average Bonchev–Trinajstić information content (AvgIpc) is 2.50. The van der Waals surface area contributed by atoms with E-state index in [1.165, 1.54) is 0 Å². The summed E-state index contributed by atoms with van der Waals surface area (Å²) in [6, 6.07) is 7.52. The summed E-state index contributed by atoms with van der Waals surface area (Å²) in [4.78, 5) is 25.9. The highest BCUT2D eigenvalue weighted by atomic mass is 79.9. The number of anilines is 1. The van der Waals surface area contributed by atoms with Crippen LogP contribution >= 0.6 is 15.9 Å². The van der Waals surface area contributed by atoms with Crippen molar-refractivity contribution >= 4 is 33.4 Å². The highest BCUT2D eigenvalue weighted by Crippen LogP contribution is 2.18. The summed E-state index contributed by atoms with van der Waals surface area (Å²) in [6.07, 6.45) is 1.63. The summed E-state index contributed by atoms with van der Waals surface area (Å²) < 4.78 is 0.984.